The standard InChI is InChI=1S/C22H27FN4O4/c1-3-10-30-14-17(28)12-26-6-8-27(9-7-26)13-21-24-20(15-31-21)22(29)25-19-11-16(2)4-5-18(19)23/h1,4-5,11,15,17,28H,6-10,12-14H2,2H3,(H,25,29). The molecule has 2 aromatic rings. The van der Waals surface area contributed by atoms with Crippen LogP contribution >= 0.6 is 0 Å². The zero-order valence-electron chi connectivity index (χ0n) is 17.5. The third kappa shape index (κ3) is 6.87. The number of amides is 1. The van der Waals surface area contributed by atoms with Gasteiger partial charge in [0.2, 0.25) is 5.89 Å². The number of aromatic nitrogens is 1. The first-order valence-electron chi connectivity index (χ1n) is 10.1. The number of terminal acetylenes is 1. The van der Waals surface area contributed by atoms with Gasteiger partial charge in [-0.05, 0) is 24.6 Å². The second-order valence-electron chi connectivity index (χ2n) is 7.51. The number of β-amino-alcohol motifs (C(OH)–C–C–N with tert-alkyl or cyclic N) is 1. The van der Waals surface area contributed by atoms with E-state index >= 15 is 0 Å². The molecule has 1 aliphatic heterocycles. The Bertz CT molecular complexity index is 918. The Hall–Kier alpha value is -2.77. The van der Waals surface area contributed by atoms with Crippen LogP contribution in [0.2, 0.25) is 0 Å². The van der Waals surface area contributed by atoms with Crippen molar-refractivity contribution in [2.75, 3.05) is 51.3 Å². The van der Waals surface area contributed by atoms with Gasteiger partial charge in [0.1, 0.15) is 18.7 Å². The SMILES string of the molecule is C#CCOCC(O)CN1CCN(Cc2nc(C(=O)Nc3cc(C)ccc3F)co2)CC1. The summed E-state index contributed by atoms with van der Waals surface area (Å²) in [4.78, 5) is 20.9. The largest absolute Gasteiger partial charge is 0.447 e. The summed E-state index contributed by atoms with van der Waals surface area (Å²) < 4.78 is 24.4. The Labute approximate surface area is 181 Å². The van der Waals surface area contributed by atoms with Crippen LogP contribution in [0.1, 0.15) is 21.9 Å². The highest BCUT2D eigenvalue weighted by Gasteiger charge is 2.21. The first-order chi connectivity index (χ1) is 14.9. The monoisotopic (exact) mass is 430 g/mol. The number of hydrogen-bond acceptors (Lipinski definition) is 7. The Morgan fingerprint density at radius 2 is 2.13 bits per heavy atom. The third-order valence-corrected chi connectivity index (χ3v) is 4.94. The Morgan fingerprint density at radius 1 is 1.39 bits per heavy atom. The number of nitrogens with zero attached hydrogens (tertiary/aromatic N) is 3. The van der Waals surface area contributed by atoms with Gasteiger partial charge < -0.3 is 19.6 Å². The number of aliphatic hydroxyl groups is 1. The maximum atomic E-state index is 13.8. The van der Waals surface area contributed by atoms with E-state index in [1.807, 2.05) is 6.92 Å². The van der Waals surface area contributed by atoms with Crippen molar-refractivity contribution in [2.24, 2.45) is 0 Å². The van der Waals surface area contributed by atoms with Gasteiger partial charge in [0.05, 0.1) is 24.9 Å². The van der Waals surface area contributed by atoms with Crippen LogP contribution in [0.4, 0.5) is 10.1 Å². The molecule has 1 aromatic heterocycles. The van der Waals surface area contributed by atoms with Gasteiger partial charge in [-0.15, -0.1) is 6.42 Å². The van der Waals surface area contributed by atoms with Gasteiger partial charge in [-0.25, -0.2) is 9.37 Å². The molecule has 0 radical (unpaired) electrons. The number of hydrogen-bond donors (Lipinski definition) is 2. The molecule has 3 rings (SSSR count). The maximum absolute atomic E-state index is 13.8. The van der Waals surface area contributed by atoms with Crippen LogP contribution in [0.15, 0.2) is 28.9 Å². The normalized spacial score (nSPS) is 16.1. The Balaban J connectivity index is 1.45. The highest BCUT2D eigenvalue weighted by Crippen LogP contribution is 2.17. The van der Waals surface area contributed by atoms with E-state index in [0.717, 1.165) is 31.7 Å². The van der Waals surface area contributed by atoms with E-state index in [-0.39, 0.29) is 24.6 Å². The van der Waals surface area contributed by atoms with Gasteiger partial charge in [-0.1, -0.05) is 12.0 Å². The van der Waals surface area contributed by atoms with Crippen molar-refractivity contribution >= 4 is 11.6 Å². The lowest BCUT2D eigenvalue weighted by molar-refractivity contribution is 0.0146. The van der Waals surface area contributed by atoms with Gasteiger partial charge in [0.25, 0.3) is 5.91 Å². The van der Waals surface area contributed by atoms with E-state index in [1.165, 1.54) is 12.3 Å². The molecule has 1 amide bonds. The van der Waals surface area contributed by atoms with Crippen molar-refractivity contribution in [3.63, 3.8) is 0 Å². The summed E-state index contributed by atoms with van der Waals surface area (Å²) in [5.41, 5.74) is 1.05. The topological polar surface area (TPSA) is 91.1 Å². The predicted molar refractivity (Wildman–Crippen MR) is 113 cm³/mol. The molecule has 1 saturated heterocycles. The number of oxazole rings is 1. The molecule has 0 saturated carbocycles. The van der Waals surface area contributed by atoms with Gasteiger partial charge in [-0.3, -0.25) is 14.6 Å². The molecule has 0 aliphatic carbocycles. The zero-order chi connectivity index (χ0) is 22.2. The molecule has 1 fully saturated rings. The summed E-state index contributed by atoms with van der Waals surface area (Å²) in [6, 6.07) is 4.50. The first-order valence-corrected chi connectivity index (χ1v) is 10.1. The Kier molecular flexibility index (Phi) is 8.14. The average Bonchev–Trinajstić information content (AvgIpc) is 3.21. The van der Waals surface area contributed by atoms with Crippen molar-refractivity contribution in [1.29, 1.82) is 0 Å². The number of carbonyl (C=O) groups is 1. The van der Waals surface area contributed by atoms with Crippen LogP contribution in [0, 0.1) is 25.1 Å². The molecule has 2 heterocycles. The van der Waals surface area contributed by atoms with Gasteiger partial charge in [-0.2, -0.15) is 0 Å². The quantitative estimate of drug-likeness (QED) is 0.460. The molecule has 31 heavy (non-hydrogen) atoms. The number of nitrogens with one attached hydrogen (secondary N) is 1. The summed E-state index contributed by atoms with van der Waals surface area (Å²) in [6.45, 7) is 6.34. The van der Waals surface area contributed by atoms with E-state index in [0.29, 0.717) is 19.0 Å². The minimum Gasteiger partial charge on any atom is -0.447 e. The number of ether oxygens (including phenoxy) is 1. The molecule has 0 bridgehead atoms. The maximum Gasteiger partial charge on any atom is 0.277 e. The zero-order valence-corrected chi connectivity index (χ0v) is 17.5. The highest BCUT2D eigenvalue weighted by atomic mass is 19.1. The lowest BCUT2D eigenvalue weighted by atomic mass is 10.2. The molecule has 166 valence electrons. The first kappa shape index (κ1) is 22.9. The summed E-state index contributed by atoms with van der Waals surface area (Å²) >= 11 is 0. The number of halogens is 1. The molecule has 1 aliphatic rings. The van der Waals surface area contributed by atoms with Crippen LogP contribution < -0.4 is 5.32 Å². The molecular formula is C22H27FN4O4. The fraction of sp³-hybridized carbons (Fsp3) is 0.455. The third-order valence-electron chi connectivity index (χ3n) is 4.94. The van der Waals surface area contributed by atoms with Crippen molar-refractivity contribution in [2.45, 2.75) is 19.6 Å². The van der Waals surface area contributed by atoms with Gasteiger partial charge >= 0.3 is 0 Å². The molecule has 1 atom stereocenters. The summed E-state index contributed by atoms with van der Waals surface area (Å²) in [5.74, 6) is 1.76. The van der Waals surface area contributed by atoms with E-state index in [1.54, 1.807) is 12.1 Å². The lowest BCUT2D eigenvalue weighted by Crippen LogP contribution is -2.48. The smallest absolute Gasteiger partial charge is 0.277 e. The summed E-state index contributed by atoms with van der Waals surface area (Å²) in [6.07, 6.45) is 5.82. The van der Waals surface area contributed by atoms with Crippen LogP contribution in [0.3, 0.4) is 0 Å². The van der Waals surface area contributed by atoms with Crippen LogP contribution in [-0.2, 0) is 11.3 Å². The predicted octanol–water partition coefficient (Wildman–Crippen LogP) is 1.50. The summed E-state index contributed by atoms with van der Waals surface area (Å²) in [7, 11) is 0. The minimum atomic E-state index is -0.578. The van der Waals surface area contributed by atoms with E-state index in [2.05, 4.69) is 26.0 Å². The average molecular weight is 430 g/mol. The highest BCUT2D eigenvalue weighted by molar-refractivity contribution is 6.02. The van der Waals surface area contributed by atoms with Crippen molar-refractivity contribution in [1.82, 2.24) is 14.8 Å². The van der Waals surface area contributed by atoms with Crippen LogP contribution in [-0.4, -0.2) is 77.8 Å². The number of aryl methyl sites for hydroxylation is 1. The number of benzene rings is 1. The second kappa shape index (κ2) is 11.0. The number of carbonyl (C=O) groups excluding carboxylic acids is 1. The number of anilines is 1. The van der Waals surface area contributed by atoms with E-state index in [9.17, 15) is 14.3 Å². The minimum absolute atomic E-state index is 0.102. The van der Waals surface area contributed by atoms with Crippen molar-refractivity contribution in [3.8, 4) is 12.3 Å². The van der Waals surface area contributed by atoms with Crippen molar-refractivity contribution < 1.29 is 23.4 Å². The second-order valence-corrected chi connectivity index (χ2v) is 7.51. The van der Waals surface area contributed by atoms with Gasteiger partial charge in [0, 0.05) is 32.7 Å². The number of aliphatic hydroxyl groups excluding tert-OH is 1. The lowest BCUT2D eigenvalue weighted by Gasteiger charge is -2.34. The molecule has 2 N–H and O–H groups in total. The molecule has 8 nitrogen and oxygen atoms in total. The van der Waals surface area contributed by atoms with Crippen molar-refractivity contribution in [3.05, 3.63) is 47.4 Å². The fourth-order valence-electron chi connectivity index (χ4n) is 3.33. The summed E-state index contributed by atoms with van der Waals surface area (Å²) in [5, 5.41) is 12.5. The Morgan fingerprint density at radius 3 is 2.87 bits per heavy atom. The molecular weight excluding hydrogens is 403 g/mol. The number of piperazine rings is 1. The van der Waals surface area contributed by atoms with Crippen LogP contribution in [0.25, 0.3) is 0 Å². The molecule has 1 unspecified atom stereocenters. The fourth-order valence-corrected chi connectivity index (χ4v) is 3.33. The van der Waals surface area contributed by atoms with E-state index < -0.39 is 17.8 Å². The molecule has 9 heteroatoms. The molecule has 1 aromatic carbocycles. The van der Waals surface area contributed by atoms with Gasteiger partial charge in [0.15, 0.2) is 5.69 Å². The van der Waals surface area contributed by atoms with Crippen LogP contribution in [0.5, 0.6) is 0 Å². The molecule has 0 spiro atoms. The number of rotatable bonds is 9. The van der Waals surface area contributed by atoms with E-state index in [4.69, 9.17) is 15.6 Å².